The second-order valence-electron chi connectivity index (χ2n) is 5.53. The number of ether oxygens (including phenoxy) is 1. The predicted molar refractivity (Wildman–Crippen MR) is 106 cm³/mol. The Kier molecular flexibility index (Phi) is 5.03. The summed E-state index contributed by atoms with van der Waals surface area (Å²) in [5.74, 6) is 0.230. The number of carbonyl (C=O) groups excluding carboxylic acids is 1. The van der Waals surface area contributed by atoms with Gasteiger partial charge in [0.1, 0.15) is 5.56 Å². The zero-order valence-electron chi connectivity index (χ0n) is 14.3. The van der Waals surface area contributed by atoms with Crippen molar-refractivity contribution in [2.45, 2.75) is 10.1 Å². The highest BCUT2D eigenvalue weighted by molar-refractivity contribution is 8.00. The molecule has 1 N–H and O–H groups in total. The van der Waals surface area contributed by atoms with E-state index in [4.69, 9.17) is 4.74 Å². The number of para-hydroxylation sites is 1. The summed E-state index contributed by atoms with van der Waals surface area (Å²) in [4.78, 5) is 16.4. The van der Waals surface area contributed by atoms with Crippen LogP contribution in [0.15, 0.2) is 59.2 Å². The molecular formula is C18H15N5O2S2. The number of pyridine rings is 1. The summed E-state index contributed by atoms with van der Waals surface area (Å²) in [5.41, 5.74) is 2.86. The summed E-state index contributed by atoms with van der Waals surface area (Å²) in [7, 11) is 1.36. The van der Waals surface area contributed by atoms with Crippen LogP contribution in [-0.2, 0) is 10.5 Å². The molecular weight excluding hydrogens is 382 g/mol. The van der Waals surface area contributed by atoms with Crippen LogP contribution in [-0.4, -0.2) is 32.7 Å². The van der Waals surface area contributed by atoms with Gasteiger partial charge in [0.15, 0.2) is 9.99 Å². The number of nitrogens with one attached hydrogen (secondary N) is 1. The van der Waals surface area contributed by atoms with Gasteiger partial charge in [-0.3, -0.25) is 0 Å². The fourth-order valence-corrected chi connectivity index (χ4v) is 4.16. The Morgan fingerprint density at radius 3 is 2.89 bits per heavy atom. The van der Waals surface area contributed by atoms with Gasteiger partial charge in [-0.25, -0.2) is 9.78 Å². The minimum Gasteiger partial charge on any atom is -0.465 e. The Balaban J connectivity index is 1.45. The molecule has 0 radical (unpaired) electrons. The number of nitrogens with zero attached hydrogens (tertiary/aromatic N) is 4. The van der Waals surface area contributed by atoms with Crippen LogP contribution in [0.4, 0.5) is 10.8 Å². The third-order valence-corrected chi connectivity index (χ3v) is 5.72. The highest BCUT2D eigenvalue weighted by atomic mass is 32.2. The average molecular weight is 397 g/mol. The lowest BCUT2D eigenvalue weighted by molar-refractivity contribution is 0.0602. The largest absolute Gasteiger partial charge is 0.465 e. The summed E-state index contributed by atoms with van der Waals surface area (Å²) in [6.45, 7) is 0. The maximum absolute atomic E-state index is 11.9. The summed E-state index contributed by atoms with van der Waals surface area (Å²) in [5, 5.41) is 12.3. The highest BCUT2D eigenvalue weighted by Crippen LogP contribution is 2.29. The van der Waals surface area contributed by atoms with E-state index in [0.717, 1.165) is 20.9 Å². The van der Waals surface area contributed by atoms with Crippen LogP contribution < -0.4 is 5.32 Å². The van der Waals surface area contributed by atoms with E-state index in [1.54, 1.807) is 23.9 Å². The molecule has 27 heavy (non-hydrogen) atoms. The second-order valence-corrected chi connectivity index (χ2v) is 7.73. The number of carbonyl (C=O) groups is 1. The van der Waals surface area contributed by atoms with Gasteiger partial charge in [-0.1, -0.05) is 41.3 Å². The molecule has 0 saturated heterocycles. The van der Waals surface area contributed by atoms with Gasteiger partial charge in [0, 0.05) is 23.8 Å². The van der Waals surface area contributed by atoms with Crippen molar-refractivity contribution in [3.8, 4) is 0 Å². The molecule has 9 heteroatoms. The van der Waals surface area contributed by atoms with Gasteiger partial charge in [0.25, 0.3) is 0 Å². The van der Waals surface area contributed by atoms with E-state index in [2.05, 4.69) is 20.5 Å². The summed E-state index contributed by atoms with van der Waals surface area (Å²) < 4.78 is 7.48. The first kappa shape index (κ1) is 17.5. The fraction of sp³-hybridized carbons (Fsp3) is 0.111. The Bertz CT molecular complexity index is 1080. The van der Waals surface area contributed by atoms with Crippen LogP contribution in [0, 0.1) is 0 Å². The summed E-state index contributed by atoms with van der Waals surface area (Å²) in [6.07, 6.45) is 3.76. The van der Waals surface area contributed by atoms with Crippen LogP contribution in [0.5, 0.6) is 0 Å². The maximum Gasteiger partial charge on any atom is 0.341 e. The van der Waals surface area contributed by atoms with Crippen molar-refractivity contribution in [3.63, 3.8) is 0 Å². The van der Waals surface area contributed by atoms with Gasteiger partial charge in [-0.2, -0.15) is 0 Å². The summed E-state index contributed by atoms with van der Waals surface area (Å²) >= 11 is 3.04. The third kappa shape index (κ3) is 3.93. The molecule has 7 nitrogen and oxygen atoms in total. The molecule has 4 aromatic rings. The monoisotopic (exact) mass is 397 g/mol. The van der Waals surface area contributed by atoms with Crippen LogP contribution in [0.2, 0.25) is 0 Å². The van der Waals surface area contributed by atoms with Gasteiger partial charge < -0.3 is 14.5 Å². The molecule has 0 amide bonds. The van der Waals surface area contributed by atoms with Crippen molar-refractivity contribution in [3.05, 3.63) is 66.1 Å². The van der Waals surface area contributed by atoms with Crippen molar-refractivity contribution in [1.29, 1.82) is 0 Å². The van der Waals surface area contributed by atoms with E-state index in [-0.39, 0.29) is 0 Å². The van der Waals surface area contributed by atoms with Gasteiger partial charge >= 0.3 is 5.97 Å². The molecule has 3 heterocycles. The van der Waals surface area contributed by atoms with E-state index in [0.29, 0.717) is 17.0 Å². The number of hydrogen-bond acceptors (Lipinski definition) is 8. The Morgan fingerprint density at radius 2 is 2.07 bits per heavy atom. The zero-order valence-corrected chi connectivity index (χ0v) is 16.0. The van der Waals surface area contributed by atoms with Crippen LogP contribution in [0.1, 0.15) is 16.1 Å². The molecule has 1 aromatic carbocycles. The number of methoxy groups -OCH3 is 1. The van der Waals surface area contributed by atoms with E-state index in [9.17, 15) is 4.79 Å². The lowest BCUT2D eigenvalue weighted by Crippen LogP contribution is -2.03. The zero-order chi connectivity index (χ0) is 18.6. The number of anilines is 2. The van der Waals surface area contributed by atoms with Gasteiger partial charge in [-0.15, -0.1) is 10.2 Å². The van der Waals surface area contributed by atoms with Crippen molar-refractivity contribution in [2.24, 2.45) is 0 Å². The Morgan fingerprint density at radius 1 is 1.22 bits per heavy atom. The smallest absolute Gasteiger partial charge is 0.341 e. The third-order valence-electron chi connectivity index (χ3n) is 3.71. The molecule has 0 fully saturated rings. The molecule has 0 saturated carbocycles. The number of thioether (sulfide) groups is 1. The minimum atomic E-state index is -0.397. The molecule has 0 aliphatic rings. The molecule has 0 spiro atoms. The number of aromatic nitrogens is 4. The molecule has 0 unspecified atom stereocenters. The molecule has 0 atom stereocenters. The van der Waals surface area contributed by atoms with Crippen molar-refractivity contribution in [1.82, 2.24) is 19.6 Å². The minimum absolute atomic E-state index is 0.397. The molecule has 3 aromatic heterocycles. The average Bonchev–Trinajstić information content (AvgIpc) is 3.32. The van der Waals surface area contributed by atoms with Crippen molar-refractivity contribution >= 4 is 45.5 Å². The first-order valence-electron chi connectivity index (χ1n) is 8.06. The van der Waals surface area contributed by atoms with Gasteiger partial charge in [0.2, 0.25) is 5.13 Å². The Labute approximate surface area is 163 Å². The number of imidazole rings is 1. The highest BCUT2D eigenvalue weighted by Gasteiger charge is 2.14. The van der Waals surface area contributed by atoms with Crippen LogP contribution in [0.25, 0.3) is 5.65 Å². The lowest BCUT2D eigenvalue weighted by atomic mass is 10.3. The quantitative estimate of drug-likeness (QED) is 0.389. The number of hydrogen-bond donors (Lipinski definition) is 1. The van der Waals surface area contributed by atoms with E-state index in [1.807, 2.05) is 47.1 Å². The Hall–Kier alpha value is -2.91. The standard InChI is InChI=1S/C18H15N5O2S2/c1-25-16(24)14-8-5-9-23-10-13(19-15(14)23)11-26-18-22-21-17(27-18)20-12-6-3-2-4-7-12/h2-10H,11H2,1H3,(H,20,21). The molecule has 136 valence electrons. The normalized spacial score (nSPS) is 10.9. The van der Waals surface area contributed by atoms with Crippen LogP contribution in [0.3, 0.4) is 0 Å². The van der Waals surface area contributed by atoms with Crippen molar-refractivity contribution in [2.75, 3.05) is 12.4 Å². The van der Waals surface area contributed by atoms with Crippen molar-refractivity contribution < 1.29 is 9.53 Å². The lowest BCUT2D eigenvalue weighted by Gasteiger charge is -2.00. The number of esters is 1. The van der Waals surface area contributed by atoms with E-state index >= 15 is 0 Å². The molecule has 0 aliphatic carbocycles. The SMILES string of the molecule is COC(=O)c1cccn2cc(CSc3nnc(Nc4ccccc4)s3)nc12. The van der Waals surface area contributed by atoms with Gasteiger partial charge in [-0.05, 0) is 24.3 Å². The fourth-order valence-electron chi connectivity index (χ4n) is 2.50. The molecule has 0 bridgehead atoms. The van der Waals surface area contributed by atoms with Gasteiger partial charge in [0.05, 0.1) is 12.8 Å². The van der Waals surface area contributed by atoms with E-state index < -0.39 is 5.97 Å². The maximum atomic E-state index is 11.9. The molecule has 4 rings (SSSR count). The van der Waals surface area contributed by atoms with Crippen LogP contribution >= 0.6 is 23.1 Å². The van der Waals surface area contributed by atoms with E-state index in [1.165, 1.54) is 18.4 Å². The summed E-state index contributed by atoms with van der Waals surface area (Å²) in [6, 6.07) is 13.3. The number of rotatable bonds is 6. The topological polar surface area (TPSA) is 81.4 Å². The predicted octanol–water partition coefficient (Wildman–Crippen LogP) is 4.01. The second kappa shape index (κ2) is 7.77. The first-order chi connectivity index (χ1) is 13.2. The number of fused-ring (bicyclic) bond motifs is 1. The first-order valence-corrected chi connectivity index (χ1v) is 9.86. The number of benzene rings is 1. The molecule has 0 aliphatic heterocycles.